The van der Waals surface area contributed by atoms with Crippen LogP contribution in [0.1, 0.15) is 29.5 Å². The molecule has 7 heteroatoms. The molecule has 0 aromatic heterocycles. The zero-order valence-corrected chi connectivity index (χ0v) is 15.6. The van der Waals surface area contributed by atoms with Crippen molar-refractivity contribution in [1.29, 1.82) is 0 Å². The highest BCUT2D eigenvalue weighted by molar-refractivity contribution is 6.35. The molecule has 0 aliphatic heterocycles. The first-order valence-electron chi connectivity index (χ1n) is 8.63. The number of ether oxygens (including phenoxy) is 1. The molecule has 0 heterocycles. The molecule has 1 fully saturated rings. The van der Waals surface area contributed by atoms with Gasteiger partial charge in [0, 0.05) is 16.6 Å². The van der Waals surface area contributed by atoms with Gasteiger partial charge in [-0.2, -0.15) is 5.10 Å². The second kappa shape index (κ2) is 8.68. The van der Waals surface area contributed by atoms with E-state index >= 15 is 0 Å². The summed E-state index contributed by atoms with van der Waals surface area (Å²) in [5, 5.41) is 6.94. The minimum Gasteiger partial charge on any atom is -0.488 e. The van der Waals surface area contributed by atoms with Gasteiger partial charge in [0.05, 0.1) is 6.21 Å². The molecule has 0 saturated heterocycles. The predicted molar refractivity (Wildman–Crippen MR) is 104 cm³/mol. The number of amides is 2. The van der Waals surface area contributed by atoms with Crippen molar-refractivity contribution in [2.75, 3.05) is 0 Å². The van der Waals surface area contributed by atoms with E-state index in [4.69, 9.17) is 16.3 Å². The lowest BCUT2D eigenvalue weighted by atomic mass is 10.1. The monoisotopic (exact) mass is 385 g/mol. The summed E-state index contributed by atoms with van der Waals surface area (Å²) in [5.74, 6) is -0.917. The van der Waals surface area contributed by atoms with Crippen LogP contribution in [0, 0.1) is 6.92 Å². The van der Waals surface area contributed by atoms with Crippen LogP contribution in [-0.4, -0.2) is 24.1 Å². The molecule has 1 saturated carbocycles. The van der Waals surface area contributed by atoms with Gasteiger partial charge in [-0.3, -0.25) is 9.59 Å². The molecule has 3 rings (SSSR count). The third kappa shape index (κ3) is 5.82. The first-order chi connectivity index (χ1) is 13.0. The van der Waals surface area contributed by atoms with Gasteiger partial charge in [0.2, 0.25) is 0 Å². The van der Waals surface area contributed by atoms with Gasteiger partial charge in [0.15, 0.2) is 0 Å². The van der Waals surface area contributed by atoms with E-state index in [9.17, 15) is 9.59 Å². The highest BCUT2D eigenvalue weighted by Crippen LogP contribution is 2.22. The predicted octanol–water partition coefficient (Wildman–Crippen LogP) is 2.96. The standard InChI is InChI=1S/C20H20ClN3O3/c1-13-2-4-14(5-3-13)12-27-18-9-6-16(21)10-15(18)11-22-24-20(26)19(25)23-17-7-8-17/h2-6,9-11,17H,7-8,12H2,1H3,(H,23,25)(H,24,26)/b22-11-. The Bertz CT molecular complexity index is 861. The zero-order valence-electron chi connectivity index (χ0n) is 14.9. The Hall–Kier alpha value is -2.86. The first-order valence-corrected chi connectivity index (χ1v) is 9.01. The second-order valence-corrected chi connectivity index (χ2v) is 6.84. The first kappa shape index (κ1) is 18.9. The van der Waals surface area contributed by atoms with Gasteiger partial charge < -0.3 is 10.1 Å². The summed E-state index contributed by atoms with van der Waals surface area (Å²) in [5.41, 5.74) is 5.02. The van der Waals surface area contributed by atoms with Gasteiger partial charge in [-0.15, -0.1) is 0 Å². The van der Waals surface area contributed by atoms with E-state index < -0.39 is 11.8 Å². The lowest BCUT2D eigenvalue weighted by molar-refractivity contribution is -0.139. The van der Waals surface area contributed by atoms with Crippen LogP contribution in [0.25, 0.3) is 0 Å². The molecule has 0 radical (unpaired) electrons. The van der Waals surface area contributed by atoms with Gasteiger partial charge >= 0.3 is 11.8 Å². The van der Waals surface area contributed by atoms with Crippen LogP contribution in [-0.2, 0) is 16.2 Å². The average Bonchev–Trinajstić information content (AvgIpc) is 3.46. The van der Waals surface area contributed by atoms with Gasteiger partial charge in [-0.25, -0.2) is 5.43 Å². The number of halogens is 1. The molecule has 1 aliphatic carbocycles. The Morgan fingerprint density at radius 1 is 1.19 bits per heavy atom. The fraction of sp³-hybridized carbons (Fsp3) is 0.250. The highest BCUT2D eigenvalue weighted by Gasteiger charge is 2.26. The number of hydrogen-bond donors (Lipinski definition) is 2. The van der Waals surface area contributed by atoms with Crippen LogP contribution in [0.5, 0.6) is 5.75 Å². The molecular formula is C20H20ClN3O3. The normalized spacial score (nSPS) is 13.4. The Labute approximate surface area is 162 Å². The second-order valence-electron chi connectivity index (χ2n) is 6.40. The van der Waals surface area contributed by atoms with Crippen LogP contribution in [0.15, 0.2) is 47.6 Å². The maximum atomic E-state index is 11.7. The minimum atomic E-state index is -0.803. The van der Waals surface area contributed by atoms with E-state index in [1.807, 2.05) is 31.2 Å². The Balaban J connectivity index is 1.61. The third-order valence-corrected chi connectivity index (χ3v) is 4.21. The molecule has 6 nitrogen and oxygen atoms in total. The van der Waals surface area contributed by atoms with Gasteiger partial charge in [-0.05, 0) is 43.5 Å². The fourth-order valence-electron chi connectivity index (χ4n) is 2.29. The quantitative estimate of drug-likeness (QED) is 0.456. The van der Waals surface area contributed by atoms with E-state index in [-0.39, 0.29) is 6.04 Å². The Morgan fingerprint density at radius 3 is 2.63 bits per heavy atom. The van der Waals surface area contributed by atoms with Crippen molar-refractivity contribution in [2.45, 2.75) is 32.4 Å². The number of benzene rings is 2. The molecule has 1 aliphatic rings. The summed E-state index contributed by atoms with van der Waals surface area (Å²) < 4.78 is 5.84. The molecule has 0 spiro atoms. The number of carbonyl (C=O) groups is 2. The van der Waals surface area contributed by atoms with E-state index in [2.05, 4.69) is 15.8 Å². The Morgan fingerprint density at radius 2 is 1.93 bits per heavy atom. The molecule has 0 unspecified atom stereocenters. The maximum Gasteiger partial charge on any atom is 0.329 e. The van der Waals surface area contributed by atoms with Crippen molar-refractivity contribution in [3.8, 4) is 5.75 Å². The average molecular weight is 386 g/mol. The number of nitrogens with zero attached hydrogens (tertiary/aromatic N) is 1. The highest BCUT2D eigenvalue weighted by atomic mass is 35.5. The van der Waals surface area contributed by atoms with E-state index in [0.29, 0.717) is 22.9 Å². The topological polar surface area (TPSA) is 79.8 Å². The van der Waals surface area contributed by atoms with Gasteiger partial charge in [-0.1, -0.05) is 41.4 Å². The van der Waals surface area contributed by atoms with Crippen molar-refractivity contribution < 1.29 is 14.3 Å². The number of hydrazone groups is 1. The van der Waals surface area contributed by atoms with Gasteiger partial charge in [0.25, 0.3) is 0 Å². The van der Waals surface area contributed by atoms with E-state index in [1.54, 1.807) is 18.2 Å². The van der Waals surface area contributed by atoms with Crippen LogP contribution in [0.2, 0.25) is 5.02 Å². The van der Waals surface area contributed by atoms with E-state index in [0.717, 1.165) is 18.4 Å². The van der Waals surface area contributed by atoms with Gasteiger partial charge in [0.1, 0.15) is 12.4 Å². The number of aryl methyl sites for hydroxylation is 1. The largest absolute Gasteiger partial charge is 0.488 e. The summed E-state index contributed by atoms with van der Waals surface area (Å²) in [6.45, 7) is 2.41. The molecule has 27 heavy (non-hydrogen) atoms. The number of hydrogen-bond acceptors (Lipinski definition) is 4. The molecule has 2 N–H and O–H groups in total. The van der Waals surface area contributed by atoms with E-state index in [1.165, 1.54) is 11.8 Å². The minimum absolute atomic E-state index is 0.113. The molecule has 2 aromatic rings. The maximum absolute atomic E-state index is 11.7. The lowest BCUT2D eigenvalue weighted by Gasteiger charge is -2.10. The molecule has 140 valence electrons. The number of rotatable bonds is 6. The van der Waals surface area contributed by atoms with Crippen molar-refractivity contribution in [2.24, 2.45) is 5.10 Å². The number of nitrogens with one attached hydrogen (secondary N) is 2. The molecule has 0 atom stereocenters. The Kier molecular flexibility index (Phi) is 6.08. The van der Waals surface area contributed by atoms with Crippen LogP contribution >= 0.6 is 11.6 Å². The third-order valence-electron chi connectivity index (χ3n) is 3.98. The zero-order chi connectivity index (χ0) is 19.2. The summed E-state index contributed by atoms with van der Waals surface area (Å²) in [6.07, 6.45) is 3.22. The van der Waals surface area contributed by atoms with Crippen LogP contribution in [0.4, 0.5) is 0 Å². The molecule has 2 aromatic carbocycles. The smallest absolute Gasteiger partial charge is 0.329 e. The van der Waals surface area contributed by atoms with Crippen LogP contribution < -0.4 is 15.5 Å². The number of carbonyl (C=O) groups excluding carboxylic acids is 2. The lowest BCUT2D eigenvalue weighted by Crippen LogP contribution is -2.38. The summed E-state index contributed by atoms with van der Waals surface area (Å²) in [7, 11) is 0. The van der Waals surface area contributed by atoms with Crippen molar-refractivity contribution in [3.05, 3.63) is 64.2 Å². The molecular weight excluding hydrogens is 366 g/mol. The fourth-order valence-corrected chi connectivity index (χ4v) is 2.47. The van der Waals surface area contributed by atoms with Crippen molar-refractivity contribution in [3.63, 3.8) is 0 Å². The summed E-state index contributed by atoms with van der Waals surface area (Å²) in [6, 6.07) is 13.3. The molecule has 0 bridgehead atoms. The van der Waals surface area contributed by atoms with Crippen LogP contribution in [0.3, 0.4) is 0 Å². The SMILES string of the molecule is Cc1ccc(COc2ccc(Cl)cc2/C=N\NC(=O)C(=O)NC2CC2)cc1. The summed E-state index contributed by atoms with van der Waals surface area (Å²) >= 11 is 6.04. The van der Waals surface area contributed by atoms with Crippen molar-refractivity contribution in [1.82, 2.24) is 10.7 Å². The van der Waals surface area contributed by atoms with Crippen molar-refractivity contribution >= 4 is 29.6 Å². The molecule has 2 amide bonds. The summed E-state index contributed by atoms with van der Waals surface area (Å²) in [4.78, 5) is 23.3.